The predicted octanol–water partition coefficient (Wildman–Crippen LogP) is 0.981. The molecule has 3 nitrogen and oxygen atoms in total. The third-order valence-corrected chi connectivity index (χ3v) is 2.00. The Kier molecular flexibility index (Phi) is 3.39. The highest BCUT2D eigenvalue weighted by atomic mass is 16.2. The van der Waals surface area contributed by atoms with Crippen LogP contribution in [0.2, 0.25) is 0 Å². The van der Waals surface area contributed by atoms with E-state index in [0.29, 0.717) is 13.1 Å². The number of carbonyl (C=O) groups excluding carboxylic acids is 1. The maximum Gasteiger partial charge on any atom is 0.318 e. The Hall–Kier alpha value is -1.43. The third kappa shape index (κ3) is 2.83. The van der Waals surface area contributed by atoms with Gasteiger partial charge in [0.2, 0.25) is 0 Å². The first-order valence-corrected chi connectivity index (χ1v) is 4.37. The maximum atomic E-state index is 11.4. The number of hydrogen-bond donors (Lipinski definition) is 1. The number of rotatable bonds is 1. The fourth-order valence-corrected chi connectivity index (χ4v) is 1.36. The molecular formula is C10H14N2O. The van der Waals surface area contributed by atoms with Gasteiger partial charge in [-0.2, -0.15) is 0 Å². The standard InChI is InChI=1S/C10H14N2O/c1-3-6-11-10(13)12-7-4-5-9(2)8-12/h1H,2,4-8H2,(H,11,13). The molecule has 0 bridgehead atoms. The van der Waals surface area contributed by atoms with E-state index in [1.54, 1.807) is 4.90 Å². The van der Waals surface area contributed by atoms with E-state index in [-0.39, 0.29) is 6.03 Å². The molecule has 1 aliphatic heterocycles. The number of hydrogen-bond acceptors (Lipinski definition) is 1. The van der Waals surface area contributed by atoms with E-state index in [2.05, 4.69) is 17.8 Å². The van der Waals surface area contributed by atoms with E-state index in [1.807, 2.05) is 0 Å². The van der Waals surface area contributed by atoms with Crippen molar-refractivity contribution in [1.29, 1.82) is 0 Å². The molecule has 0 aliphatic carbocycles. The molecule has 1 N–H and O–H groups in total. The van der Waals surface area contributed by atoms with Gasteiger partial charge in [0, 0.05) is 13.1 Å². The van der Waals surface area contributed by atoms with Crippen molar-refractivity contribution in [2.75, 3.05) is 19.6 Å². The summed E-state index contributed by atoms with van der Waals surface area (Å²) in [5, 5.41) is 2.63. The Labute approximate surface area is 78.8 Å². The van der Waals surface area contributed by atoms with Crippen LogP contribution in [-0.2, 0) is 0 Å². The summed E-state index contributed by atoms with van der Waals surface area (Å²) >= 11 is 0. The summed E-state index contributed by atoms with van der Waals surface area (Å²) in [6, 6.07) is -0.0844. The van der Waals surface area contributed by atoms with Crippen LogP contribution in [0.4, 0.5) is 4.79 Å². The van der Waals surface area contributed by atoms with Gasteiger partial charge in [0.1, 0.15) is 0 Å². The lowest BCUT2D eigenvalue weighted by Gasteiger charge is -2.27. The Morgan fingerprint density at radius 1 is 1.77 bits per heavy atom. The highest BCUT2D eigenvalue weighted by molar-refractivity contribution is 5.74. The zero-order valence-electron chi connectivity index (χ0n) is 7.68. The Bertz CT molecular complexity index is 252. The van der Waals surface area contributed by atoms with Gasteiger partial charge in [-0.05, 0) is 12.8 Å². The van der Waals surface area contributed by atoms with Crippen molar-refractivity contribution in [3.63, 3.8) is 0 Å². The SMILES string of the molecule is C#CCNC(=O)N1CCCC(=C)C1. The van der Waals surface area contributed by atoms with Gasteiger partial charge >= 0.3 is 6.03 Å². The van der Waals surface area contributed by atoms with E-state index in [0.717, 1.165) is 25.0 Å². The molecule has 0 aromatic heterocycles. The lowest BCUT2D eigenvalue weighted by molar-refractivity contribution is 0.197. The lowest BCUT2D eigenvalue weighted by Crippen LogP contribution is -2.43. The van der Waals surface area contributed by atoms with Crippen molar-refractivity contribution >= 4 is 6.03 Å². The normalized spacial score (nSPS) is 16.5. The van der Waals surface area contributed by atoms with Gasteiger partial charge in [0.05, 0.1) is 6.54 Å². The van der Waals surface area contributed by atoms with Gasteiger partial charge in [-0.25, -0.2) is 4.79 Å². The van der Waals surface area contributed by atoms with Crippen LogP contribution in [0.25, 0.3) is 0 Å². The van der Waals surface area contributed by atoms with Crippen molar-refractivity contribution < 1.29 is 4.79 Å². The minimum Gasteiger partial charge on any atom is -0.327 e. The molecule has 1 fully saturated rings. The van der Waals surface area contributed by atoms with Crippen LogP contribution in [0.3, 0.4) is 0 Å². The molecule has 1 rings (SSSR count). The Morgan fingerprint density at radius 2 is 2.54 bits per heavy atom. The minimum absolute atomic E-state index is 0.0844. The van der Waals surface area contributed by atoms with Crippen molar-refractivity contribution in [2.45, 2.75) is 12.8 Å². The van der Waals surface area contributed by atoms with Gasteiger partial charge < -0.3 is 10.2 Å². The van der Waals surface area contributed by atoms with Crippen molar-refractivity contribution in [3.05, 3.63) is 12.2 Å². The topological polar surface area (TPSA) is 32.3 Å². The quantitative estimate of drug-likeness (QED) is 0.471. The molecule has 1 aliphatic rings. The number of likely N-dealkylation sites (tertiary alicyclic amines) is 1. The second-order valence-electron chi connectivity index (χ2n) is 3.14. The molecule has 0 radical (unpaired) electrons. The highest BCUT2D eigenvalue weighted by Crippen LogP contribution is 2.12. The van der Waals surface area contributed by atoms with Crippen LogP contribution < -0.4 is 5.32 Å². The number of terminal acetylenes is 1. The van der Waals surface area contributed by atoms with Crippen LogP contribution in [0, 0.1) is 12.3 Å². The van der Waals surface area contributed by atoms with E-state index < -0.39 is 0 Å². The lowest BCUT2D eigenvalue weighted by atomic mass is 10.1. The number of nitrogens with zero attached hydrogens (tertiary/aromatic N) is 1. The molecule has 0 atom stereocenters. The van der Waals surface area contributed by atoms with Crippen molar-refractivity contribution in [3.8, 4) is 12.3 Å². The molecule has 1 saturated heterocycles. The molecule has 2 amide bonds. The Balaban J connectivity index is 2.38. The smallest absolute Gasteiger partial charge is 0.318 e. The fraction of sp³-hybridized carbons (Fsp3) is 0.500. The number of amides is 2. The first-order valence-electron chi connectivity index (χ1n) is 4.37. The van der Waals surface area contributed by atoms with Crippen LogP contribution in [0.15, 0.2) is 12.2 Å². The molecule has 70 valence electrons. The van der Waals surface area contributed by atoms with Crippen LogP contribution in [0.5, 0.6) is 0 Å². The zero-order chi connectivity index (χ0) is 9.68. The summed E-state index contributed by atoms with van der Waals surface area (Å²) < 4.78 is 0. The average Bonchev–Trinajstić information content (AvgIpc) is 2.14. The molecule has 3 heteroatoms. The van der Waals surface area contributed by atoms with Gasteiger partial charge in [-0.3, -0.25) is 0 Å². The fourth-order valence-electron chi connectivity index (χ4n) is 1.36. The van der Waals surface area contributed by atoms with Crippen molar-refractivity contribution in [2.24, 2.45) is 0 Å². The van der Waals surface area contributed by atoms with Crippen LogP contribution >= 0.6 is 0 Å². The number of nitrogens with one attached hydrogen (secondary N) is 1. The molecule has 13 heavy (non-hydrogen) atoms. The van der Waals surface area contributed by atoms with Crippen molar-refractivity contribution in [1.82, 2.24) is 10.2 Å². The maximum absolute atomic E-state index is 11.4. The summed E-state index contributed by atoms with van der Waals surface area (Å²) in [6.45, 7) is 5.62. The van der Waals surface area contributed by atoms with E-state index in [9.17, 15) is 4.79 Å². The molecule has 0 saturated carbocycles. The summed E-state index contributed by atoms with van der Waals surface area (Å²) in [4.78, 5) is 13.1. The van der Waals surface area contributed by atoms with Crippen LogP contribution in [0.1, 0.15) is 12.8 Å². The summed E-state index contributed by atoms with van der Waals surface area (Å²) in [5.41, 5.74) is 1.11. The molecule has 0 unspecified atom stereocenters. The van der Waals surface area contributed by atoms with Gasteiger partial charge in [-0.15, -0.1) is 6.42 Å². The molecule has 0 spiro atoms. The van der Waals surface area contributed by atoms with Gasteiger partial charge in [-0.1, -0.05) is 18.1 Å². The number of carbonyl (C=O) groups is 1. The van der Waals surface area contributed by atoms with E-state index >= 15 is 0 Å². The van der Waals surface area contributed by atoms with Gasteiger partial charge in [0.25, 0.3) is 0 Å². The third-order valence-electron chi connectivity index (χ3n) is 2.00. The van der Waals surface area contributed by atoms with Gasteiger partial charge in [0.15, 0.2) is 0 Å². The first kappa shape index (κ1) is 9.66. The average molecular weight is 178 g/mol. The monoisotopic (exact) mass is 178 g/mol. The molecule has 1 heterocycles. The predicted molar refractivity (Wildman–Crippen MR) is 52.2 cm³/mol. The summed E-state index contributed by atoms with van der Waals surface area (Å²) in [6.07, 6.45) is 7.06. The van der Waals surface area contributed by atoms with E-state index in [4.69, 9.17) is 6.42 Å². The Morgan fingerprint density at radius 3 is 3.15 bits per heavy atom. The molecule has 0 aromatic carbocycles. The van der Waals surface area contributed by atoms with E-state index in [1.165, 1.54) is 0 Å². The minimum atomic E-state index is -0.0844. The van der Waals surface area contributed by atoms with Crippen LogP contribution in [-0.4, -0.2) is 30.6 Å². The second-order valence-corrected chi connectivity index (χ2v) is 3.14. The molecular weight excluding hydrogens is 164 g/mol. The first-order chi connectivity index (χ1) is 6.24. The zero-order valence-corrected chi connectivity index (χ0v) is 7.68. The number of urea groups is 1. The largest absolute Gasteiger partial charge is 0.327 e. The molecule has 0 aromatic rings. The summed E-state index contributed by atoms with van der Waals surface area (Å²) in [5.74, 6) is 2.37. The number of piperidine rings is 1. The summed E-state index contributed by atoms with van der Waals surface area (Å²) in [7, 11) is 0. The highest BCUT2D eigenvalue weighted by Gasteiger charge is 2.17. The second kappa shape index (κ2) is 4.56.